The van der Waals surface area contributed by atoms with Crippen LogP contribution >= 0.6 is 23.2 Å². The fourth-order valence-electron chi connectivity index (χ4n) is 6.22. The Morgan fingerprint density at radius 2 is 1.45 bits per heavy atom. The van der Waals surface area contributed by atoms with Gasteiger partial charge in [0.05, 0.1) is 22.8 Å². The molecule has 7 heteroatoms. The Morgan fingerprint density at radius 1 is 0.875 bits per heavy atom. The van der Waals surface area contributed by atoms with Gasteiger partial charge < -0.3 is 19.3 Å². The molecular weight excluding hydrogens is 547 g/mol. The summed E-state index contributed by atoms with van der Waals surface area (Å²) in [6.07, 6.45) is 1.67. The number of halogens is 2. The van der Waals surface area contributed by atoms with Gasteiger partial charge in [-0.15, -0.1) is 23.2 Å². The second kappa shape index (κ2) is 11.3. The maximum atomic E-state index is 11.5. The topological polar surface area (TPSA) is 60.5 Å². The van der Waals surface area contributed by atoms with E-state index in [4.69, 9.17) is 42.1 Å². The molecule has 1 saturated heterocycles. The third-order valence-electron chi connectivity index (χ3n) is 8.79. The van der Waals surface area contributed by atoms with Gasteiger partial charge in [-0.25, -0.2) is 0 Å². The molecule has 0 saturated carbocycles. The van der Waals surface area contributed by atoms with Crippen LogP contribution in [0.2, 0.25) is 0 Å². The number of fused-ring (bicyclic) bond motifs is 6. The lowest BCUT2D eigenvalue weighted by molar-refractivity contribution is -0.228. The lowest BCUT2D eigenvalue weighted by Gasteiger charge is -2.41. The lowest BCUT2D eigenvalue weighted by Crippen LogP contribution is -2.32. The van der Waals surface area contributed by atoms with Crippen molar-refractivity contribution in [1.29, 1.82) is 0 Å². The number of rotatable bonds is 11. The van der Waals surface area contributed by atoms with E-state index in [9.17, 15) is 5.11 Å². The van der Waals surface area contributed by atoms with Gasteiger partial charge in [-0.3, -0.25) is 4.74 Å². The number of benzene rings is 2. The normalized spacial score (nSPS) is 25.8. The maximum Gasteiger partial charge on any atom is 0.233 e. The summed E-state index contributed by atoms with van der Waals surface area (Å²) in [4.78, 5) is 0. The Hall–Kier alpha value is -1.50. The van der Waals surface area contributed by atoms with Crippen LogP contribution in [0.5, 0.6) is 11.5 Å². The first-order chi connectivity index (χ1) is 18.9. The molecule has 0 aliphatic carbocycles. The first kappa shape index (κ1) is 30.0. The molecule has 2 aromatic carbocycles. The van der Waals surface area contributed by atoms with Crippen molar-refractivity contribution in [2.45, 2.75) is 116 Å². The van der Waals surface area contributed by atoms with Crippen LogP contribution in [0, 0.1) is 5.41 Å². The van der Waals surface area contributed by atoms with Crippen LogP contribution in [-0.4, -0.2) is 22.5 Å². The van der Waals surface area contributed by atoms with E-state index < -0.39 is 18.7 Å². The second-order valence-electron chi connectivity index (χ2n) is 13.2. The molecule has 5 nitrogen and oxygen atoms in total. The molecule has 1 N–H and O–H groups in total. The Balaban J connectivity index is 1.53. The number of epoxide rings is 1. The van der Waals surface area contributed by atoms with E-state index in [1.807, 2.05) is 6.07 Å². The molecule has 0 spiro atoms. The Bertz CT molecular complexity index is 1240. The molecule has 2 aromatic rings. The summed E-state index contributed by atoms with van der Waals surface area (Å²) in [5.74, 6) is 3.26. The van der Waals surface area contributed by atoms with Crippen LogP contribution in [0.15, 0.2) is 24.3 Å². The van der Waals surface area contributed by atoms with Gasteiger partial charge in [-0.05, 0) is 96.4 Å². The lowest BCUT2D eigenvalue weighted by atomic mass is 9.78. The highest BCUT2D eigenvalue weighted by Crippen LogP contribution is 2.57. The van der Waals surface area contributed by atoms with E-state index in [0.717, 1.165) is 70.6 Å². The SMILES string of the molecule is CC(C)c1cc(C(O)C(C)(C)CCCCl)cc2c1OC1OC2Oc2c(C(C)C)cc(C3OC3(C)CCCCl)cc21. The van der Waals surface area contributed by atoms with Gasteiger partial charge in [0.25, 0.3) is 0 Å². The molecule has 1 fully saturated rings. The Labute approximate surface area is 249 Å². The monoisotopic (exact) mass is 590 g/mol. The molecule has 0 radical (unpaired) electrons. The van der Waals surface area contributed by atoms with Crippen molar-refractivity contribution in [3.05, 3.63) is 57.6 Å². The Morgan fingerprint density at radius 3 is 2.02 bits per heavy atom. The van der Waals surface area contributed by atoms with E-state index in [1.165, 1.54) is 0 Å². The van der Waals surface area contributed by atoms with Crippen molar-refractivity contribution in [2.24, 2.45) is 5.41 Å². The minimum Gasteiger partial charge on any atom is -0.459 e. The van der Waals surface area contributed by atoms with Crippen LogP contribution in [0.1, 0.15) is 144 Å². The number of aliphatic hydroxyl groups is 1. The van der Waals surface area contributed by atoms with Crippen molar-refractivity contribution in [1.82, 2.24) is 0 Å². The van der Waals surface area contributed by atoms with Crippen LogP contribution in [0.25, 0.3) is 0 Å². The summed E-state index contributed by atoms with van der Waals surface area (Å²) in [5, 5.41) is 11.5. The van der Waals surface area contributed by atoms with E-state index in [2.05, 4.69) is 66.7 Å². The van der Waals surface area contributed by atoms with E-state index >= 15 is 0 Å². The van der Waals surface area contributed by atoms with Crippen molar-refractivity contribution >= 4 is 23.2 Å². The molecule has 5 atom stereocenters. The number of ether oxygens (including phenoxy) is 4. The van der Waals surface area contributed by atoms with Gasteiger partial charge in [0.2, 0.25) is 12.6 Å². The van der Waals surface area contributed by atoms with E-state index in [1.54, 1.807) is 0 Å². The summed E-state index contributed by atoms with van der Waals surface area (Å²) < 4.78 is 25.9. The van der Waals surface area contributed by atoms with Crippen LogP contribution in [0.3, 0.4) is 0 Å². The number of aliphatic hydroxyl groups excluding tert-OH is 1. The fourth-order valence-corrected chi connectivity index (χ4v) is 6.48. The van der Waals surface area contributed by atoms with Crippen LogP contribution in [-0.2, 0) is 9.47 Å². The highest BCUT2D eigenvalue weighted by Gasteiger charge is 2.53. The highest BCUT2D eigenvalue weighted by molar-refractivity contribution is 6.18. The fraction of sp³-hybridized carbons (Fsp3) is 0.636. The summed E-state index contributed by atoms with van der Waals surface area (Å²) in [7, 11) is 0. The van der Waals surface area contributed by atoms with Crippen molar-refractivity contribution in [3.8, 4) is 11.5 Å². The molecule has 3 heterocycles. The molecule has 0 amide bonds. The largest absolute Gasteiger partial charge is 0.459 e. The zero-order valence-electron chi connectivity index (χ0n) is 24.9. The summed E-state index contributed by atoms with van der Waals surface area (Å²) in [6, 6.07) is 8.45. The molecule has 5 rings (SSSR count). The van der Waals surface area contributed by atoms with Crippen LogP contribution < -0.4 is 9.47 Å². The van der Waals surface area contributed by atoms with Crippen LogP contribution in [0.4, 0.5) is 0 Å². The third-order valence-corrected chi connectivity index (χ3v) is 9.33. The van der Waals surface area contributed by atoms with Crippen molar-refractivity contribution < 1.29 is 24.1 Å². The maximum absolute atomic E-state index is 11.5. The van der Waals surface area contributed by atoms with Gasteiger partial charge in [0.15, 0.2) is 0 Å². The zero-order chi connectivity index (χ0) is 29.0. The predicted octanol–water partition coefficient (Wildman–Crippen LogP) is 9.36. The predicted molar refractivity (Wildman–Crippen MR) is 160 cm³/mol. The molecule has 3 aliphatic heterocycles. The number of alkyl halides is 2. The minimum absolute atomic E-state index is 0.0181. The first-order valence-corrected chi connectivity index (χ1v) is 15.8. The molecule has 40 heavy (non-hydrogen) atoms. The summed E-state index contributed by atoms with van der Waals surface area (Å²) >= 11 is 11.9. The Kier molecular flexibility index (Phi) is 8.47. The molecule has 0 aromatic heterocycles. The average Bonchev–Trinajstić information content (AvgIpc) is 3.60. The summed E-state index contributed by atoms with van der Waals surface area (Å²) in [5.41, 5.74) is 5.34. The second-order valence-corrected chi connectivity index (χ2v) is 13.9. The van der Waals surface area contributed by atoms with Gasteiger partial charge >= 0.3 is 0 Å². The van der Waals surface area contributed by atoms with Gasteiger partial charge in [0.1, 0.15) is 17.6 Å². The third kappa shape index (κ3) is 5.49. The number of hydrogen-bond donors (Lipinski definition) is 1. The molecule has 220 valence electrons. The quantitative estimate of drug-likeness (QED) is 0.208. The highest BCUT2D eigenvalue weighted by atomic mass is 35.5. The molecule has 2 bridgehead atoms. The number of hydrogen-bond acceptors (Lipinski definition) is 5. The van der Waals surface area contributed by atoms with Gasteiger partial charge in [0, 0.05) is 11.8 Å². The molecular formula is C33H44Cl2O5. The van der Waals surface area contributed by atoms with E-state index in [0.29, 0.717) is 11.8 Å². The average molecular weight is 592 g/mol. The van der Waals surface area contributed by atoms with Crippen molar-refractivity contribution in [2.75, 3.05) is 11.8 Å². The summed E-state index contributed by atoms with van der Waals surface area (Å²) in [6.45, 7) is 15.0. The molecule has 5 unspecified atom stereocenters. The minimum atomic E-state index is -0.660. The van der Waals surface area contributed by atoms with Crippen molar-refractivity contribution in [3.63, 3.8) is 0 Å². The first-order valence-electron chi connectivity index (χ1n) is 14.7. The molecule has 3 aliphatic rings. The van der Waals surface area contributed by atoms with Gasteiger partial charge in [-0.1, -0.05) is 41.5 Å². The van der Waals surface area contributed by atoms with E-state index in [-0.39, 0.29) is 29.0 Å². The standard InChI is InChI=1S/C33H44Cl2O5/c1-18(2)22-14-20(28(36)32(5,6)10-8-12-34)15-24-26(22)37-31-25-17-21(29-33(7,40-29)11-9-13-35)16-23(19(3)4)27(25)38-30(24)39-31/h14-19,28-31,36H,8-13H2,1-7H3. The van der Waals surface area contributed by atoms with Gasteiger partial charge in [-0.2, -0.15) is 0 Å². The smallest absolute Gasteiger partial charge is 0.233 e. The zero-order valence-corrected chi connectivity index (χ0v) is 26.4.